The summed E-state index contributed by atoms with van der Waals surface area (Å²) >= 11 is 0. The molecule has 0 atom stereocenters. The zero-order valence-corrected chi connectivity index (χ0v) is 21.9. The maximum absolute atomic E-state index is 13.4. The minimum Gasteiger partial charge on any atom is -0.466 e. The second-order valence-corrected chi connectivity index (χ2v) is 7.97. The Balaban J connectivity index is 0.00000507. The fraction of sp³-hybridized carbons (Fsp3) is 0.222. The number of amides is 2. The molecule has 0 aliphatic heterocycles. The van der Waals surface area contributed by atoms with Crippen LogP contribution < -0.4 is 20.9 Å². The Morgan fingerprint density at radius 1 is 1.11 bits per heavy atom. The molecule has 38 heavy (non-hydrogen) atoms. The van der Waals surface area contributed by atoms with Crippen LogP contribution in [0.4, 0.5) is 22.9 Å². The van der Waals surface area contributed by atoms with Crippen LogP contribution in [0.5, 0.6) is 0 Å². The smallest absolute Gasteiger partial charge is 0.307 e. The van der Waals surface area contributed by atoms with Gasteiger partial charge < -0.3 is 20.7 Å². The van der Waals surface area contributed by atoms with Crippen molar-refractivity contribution >= 4 is 53.1 Å². The number of hydrogen-bond acceptors (Lipinski definition) is 8. The number of hydrogen-bond donors (Lipinski definition) is 2. The third kappa shape index (κ3) is 7.69. The highest BCUT2D eigenvalue weighted by Gasteiger charge is 2.22. The number of nitrogens with two attached hydrogens (primary N) is 1. The lowest BCUT2D eigenvalue weighted by molar-refractivity contribution is -0.142. The molecule has 1 heterocycles. The van der Waals surface area contributed by atoms with E-state index in [1.807, 2.05) is 6.07 Å². The summed E-state index contributed by atoms with van der Waals surface area (Å²) in [7, 11) is 1.59. The summed E-state index contributed by atoms with van der Waals surface area (Å²) in [6, 6.07) is 18.6. The first-order valence-corrected chi connectivity index (χ1v) is 11.6. The molecule has 3 rings (SSSR count). The Bertz CT molecular complexity index is 1300. The summed E-state index contributed by atoms with van der Waals surface area (Å²) in [6.07, 6.45) is 1.57. The maximum atomic E-state index is 13.4. The number of pyridine rings is 1. The van der Waals surface area contributed by atoms with E-state index in [0.717, 1.165) is 0 Å². The van der Waals surface area contributed by atoms with E-state index in [-0.39, 0.29) is 55.7 Å². The molecule has 0 unspecified atom stereocenters. The lowest BCUT2D eigenvalue weighted by Crippen LogP contribution is -2.34. The van der Waals surface area contributed by atoms with Gasteiger partial charge in [0, 0.05) is 31.0 Å². The van der Waals surface area contributed by atoms with E-state index in [1.165, 1.54) is 15.9 Å². The average molecular weight is 537 g/mol. The molecule has 3 N–H and O–H groups in total. The molecule has 0 aliphatic carbocycles. The van der Waals surface area contributed by atoms with Crippen molar-refractivity contribution in [3.05, 3.63) is 78.0 Å². The molecule has 3 aromatic rings. The normalized spacial score (nSPS) is 9.92. The molecule has 10 nitrogen and oxygen atoms in total. The number of nitrogens with zero attached hydrogens (tertiary/aromatic N) is 4. The zero-order valence-electron chi connectivity index (χ0n) is 21.1. The number of rotatable bonds is 10. The predicted molar refractivity (Wildman–Crippen MR) is 148 cm³/mol. The minimum atomic E-state index is -0.416. The van der Waals surface area contributed by atoms with Crippen molar-refractivity contribution in [2.75, 3.05) is 47.6 Å². The monoisotopic (exact) mass is 536 g/mol. The maximum Gasteiger partial charge on any atom is 0.307 e. The molecule has 0 fully saturated rings. The molecular formula is C27H29ClN6O4. The van der Waals surface area contributed by atoms with Crippen LogP contribution in [0.1, 0.15) is 29.3 Å². The van der Waals surface area contributed by atoms with Crippen molar-refractivity contribution in [1.82, 2.24) is 4.98 Å². The van der Waals surface area contributed by atoms with Gasteiger partial charge in [-0.1, -0.05) is 6.07 Å². The number of carbonyl (C=O) groups is 3. The summed E-state index contributed by atoms with van der Waals surface area (Å²) in [5.74, 6) is -0.668. The fourth-order valence-corrected chi connectivity index (χ4v) is 3.51. The largest absolute Gasteiger partial charge is 0.466 e. The molecule has 0 bridgehead atoms. The van der Waals surface area contributed by atoms with E-state index >= 15 is 0 Å². The van der Waals surface area contributed by atoms with Crippen molar-refractivity contribution in [2.24, 2.45) is 0 Å². The average Bonchev–Trinajstić information content (AvgIpc) is 2.92. The Labute approximate surface area is 227 Å². The van der Waals surface area contributed by atoms with Gasteiger partial charge in [-0.05, 0) is 61.5 Å². The summed E-state index contributed by atoms with van der Waals surface area (Å²) in [6.45, 7) is 2.05. The molecule has 0 aliphatic rings. The standard InChI is InChI=1S/C27H28N6O4.ClH/c1-3-37-26(35)13-15-33(24-6-4-5-14-30-24)27(36)20-9-12-23(22(29)16-20)32(2)25(34)18-31-21-10-7-19(17-28)8-11-21;/h4-12,14,16,31H,3,13,15,18,29H2,1-2H3;1H. The Morgan fingerprint density at radius 3 is 2.45 bits per heavy atom. The lowest BCUT2D eigenvalue weighted by atomic mass is 10.1. The third-order valence-electron chi connectivity index (χ3n) is 5.48. The van der Waals surface area contributed by atoms with Gasteiger partial charge in [0.15, 0.2) is 0 Å². The van der Waals surface area contributed by atoms with E-state index in [9.17, 15) is 14.4 Å². The van der Waals surface area contributed by atoms with Gasteiger partial charge in [0.05, 0.1) is 42.6 Å². The van der Waals surface area contributed by atoms with Crippen LogP contribution in [0, 0.1) is 11.3 Å². The first-order valence-electron chi connectivity index (χ1n) is 11.6. The van der Waals surface area contributed by atoms with Crippen LogP contribution in [0.25, 0.3) is 0 Å². The van der Waals surface area contributed by atoms with E-state index in [0.29, 0.717) is 22.8 Å². The molecular weight excluding hydrogens is 508 g/mol. The molecule has 0 spiro atoms. The number of nitriles is 1. The number of benzene rings is 2. The molecule has 2 aromatic carbocycles. The van der Waals surface area contributed by atoms with E-state index in [4.69, 9.17) is 15.7 Å². The van der Waals surface area contributed by atoms with E-state index in [1.54, 1.807) is 74.8 Å². The van der Waals surface area contributed by atoms with Gasteiger partial charge in [-0.3, -0.25) is 19.3 Å². The van der Waals surface area contributed by atoms with Crippen molar-refractivity contribution in [1.29, 1.82) is 5.26 Å². The van der Waals surface area contributed by atoms with Crippen molar-refractivity contribution in [2.45, 2.75) is 13.3 Å². The topological polar surface area (TPSA) is 142 Å². The molecule has 2 amide bonds. The number of nitrogens with one attached hydrogen (secondary N) is 1. The van der Waals surface area contributed by atoms with Gasteiger partial charge in [-0.15, -0.1) is 12.4 Å². The summed E-state index contributed by atoms with van der Waals surface area (Å²) in [5.41, 5.74) is 8.43. The summed E-state index contributed by atoms with van der Waals surface area (Å²) < 4.78 is 4.98. The summed E-state index contributed by atoms with van der Waals surface area (Å²) in [4.78, 5) is 45.0. The SMILES string of the molecule is CCOC(=O)CCN(C(=O)c1ccc(N(C)C(=O)CNc2ccc(C#N)cc2)c(N)c1)c1ccccn1.Cl. The Kier molecular flexibility index (Phi) is 11.1. The van der Waals surface area contributed by atoms with Crippen LogP contribution in [0.3, 0.4) is 0 Å². The van der Waals surface area contributed by atoms with Crippen molar-refractivity contribution in [3.63, 3.8) is 0 Å². The Hall–Kier alpha value is -4.62. The molecule has 0 saturated carbocycles. The van der Waals surface area contributed by atoms with Crippen LogP contribution in [-0.2, 0) is 14.3 Å². The quantitative estimate of drug-likeness (QED) is 0.295. The van der Waals surface area contributed by atoms with Gasteiger partial charge in [-0.2, -0.15) is 5.26 Å². The second kappa shape index (κ2) is 14.2. The third-order valence-corrected chi connectivity index (χ3v) is 5.48. The van der Waals surface area contributed by atoms with Crippen LogP contribution >= 0.6 is 12.4 Å². The predicted octanol–water partition coefficient (Wildman–Crippen LogP) is 3.63. The van der Waals surface area contributed by atoms with Gasteiger partial charge >= 0.3 is 5.97 Å². The second-order valence-electron chi connectivity index (χ2n) is 7.97. The van der Waals surface area contributed by atoms with Crippen molar-refractivity contribution in [3.8, 4) is 6.07 Å². The fourth-order valence-electron chi connectivity index (χ4n) is 3.51. The van der Waals surface area contributed by atoms with Gasteiger partial charge in [-0.25, -0.2) is 4.98 Å². The summed E-state index contributed by atoms with van der Waals surface area (Å²) in [5, 5.41) is 11.9. The van der Waals surface area contributed by atoms with Gasteiger partial charge in [0.1, 0.15) is 5.82 Å². The van der Waals surface area contributed by atoms with Crippen LogP contribution in [0.2, 0.25) is 0 Å². The van der Waals surface area contributed by atoms with Crippen LogP contribution in [-0.4, -0.2) is 49.5 Å². The van der Waals surface area contributed by atoms with E-state index in [2.05, 4.69) is 10.3 Å². The number of ether oxygens (including phenoxy) is 1. The first-order chi connectivity index (χ1) is 17.8. The van der Waals surface area contributed by atoms with Crippen LogP contribution in [0.15, 0.2) is 66.9 Å². The molecule has 198 valence electrons. The number of nitrogen functional groups attached to an aromatic ring is 1. The molecule has 11 heteroatoms. The Morgan fingerprint density at radius 2 is 1.84 bits per heavy atom. The number of anilines is 4. The number of aromatic nitrogens is 1. The molecule has 1 aromatic heterocycles. The zero-order chi connectivity index (χ0) is 26.8. The van der Waals surface area contributed by atoms with Gasteiger partial charge in [0.25, 0.3) is 5.91 Å². The number of carbonyl (C=O) groups excluding carboxylic acids is 3. The highest BCUT2D eigenvalue weighted by molar-refractivity contribution is 6.07. The lowest BCUT2D eigenvalue weighted by Gasteiger charge is -2.23. The first kappa shape index (κ1) is 29.6. The number of esters is 1. The van der Waals surface area contributed by atoms with Crippen molar-refractivity contribution < 1.29 is 19.1 Å². The highest BCUT2D eigenvalue weighted by Crippen LogP contribution is 2.25. The molecule has 0 saturated heterocycles. The van der Waals surface area contributed by atoms with E-state index < -0.39 is 11.9 Å². The molecule has 0 radical (unpaired) electrons. The highest BCUT2D eigenvalue weighted by atomic mass is 35.5. The minimum absolute atomic E-state index is 0. The number of likely N-dealkylation sites (N-methyl/N-ethyl adjacent to an activating group) is 1. The van der Waals surface area contributed by atoms with Gasteiger partial charge in [0.2, 0.25) is 5.91 Å². The number of halogens is 1.